The van der Waals surface area contributed by atoms with Gasteiger partial charge < -0.3 is 0 Å². The third-order valence-corrected chi connectivity index (χ3v) is 10.2. The number of hydrogen-bond donors (Lipinski definition) is 0. The van der Waals surface area contributed by atoms with Gasteiger partial charge >= 0.3 is 0 Å². The molecule has 0 nitrogen and oxygen atoms in total. The molecule has 0 aliphatic heterocycles. The van der Waals surface area contributed by atoms with Crippen molar-refractivity contribution in [3.8, 4) is 0 Å². The Morgan fingerprint density at radius 3 is 1.67 bits per heavy atom. The highest BCUT2D eigenvalue weighted by Crippen LogP contribution is 2.39. The van der Waals surface area contributed by atoms with Crippen LogP contribution in [0, 0.1) is 0 Å². The first-order chi connectivity index (χ1) is 17.5. The average molecular weight is 564 g/mol. The maximum absolute atomic E-state index is 6.71. The highest BCUT2D eigenvalue weighted by atomic mass is 35.5. The molecule has 4 aromatic carbocycles. The van der Waals surface area contributed by atoms with E-state index >= 15 is 0 Å². The van der Waals surface area contributed by atoms with Gasteiger partial charge in [0.15, 0.2) is 0 Å². The lowest BCUT2D eigenvalue weighted by Gasteiger charge is -2.20. The molecule has 0 unspecified atom stereocenters. The minimum Gasteiger partial charge on any atom is -0.0889 e. The van der Waals surface area contributed by atoms with Gasteiger partial charge in [-0.2, -0.15) is 0 Å². The van der Waals surface area contributed by atoms with Gasteiger partial charge in [-0.25, -0.2) is 0 Å². The predicted molar refractivity (Wildman–Crippen MR) is 162 cm³/mol. The molecule has 0 saturated heterocycles. The molecule has 0 spiro atoms. The van der Waals surface area contributed by atoms with E-state index in [2.05, 4.69) is 78.9 Å². The van der Waals surface area contributed by atoms with Crippen LogP contribution in [0.5, 0.6) is 0 Å². The van der Waals surface area contributed by atoms with Crippen molar-refractivity contribution in [2.75, 3.05) is 0 Å². The minimum absolute atomic E-state index is 0.728. The number of thioether (sulfide) groups is 1. The summed E-state index contributed by atoms with van der Waals surface area (Å²) in [5.41, 5.74) is 2.40. The molecule has 4 aromatic rings. The average Bonchev–Trinajstić information content (AvgIpc) is 2.90. The van der Waals surface area contributed by atoms with E-state index in [0.717, 1.165) is 31.3 Å². The van der Waals surface area contributed by atoms with E-state index in [1.165, 1.54) is 27.1 Å². The zero-order chi connectivity index (χ0) is 24.9. The summed E-state index contributed by atoms with van der Waals surface area (Å²) in [6, 6.07) is 35.4. The molecule has 36 heavy (non-hydrogen) atoms. The summed E-state index contributed by atoms with van der Waals surface area (Å²) in [6.45, 7) is 0. The second-order valence-electron chi connectivity index (χ2n) is 8.29. The lowest BCUT2D eigenvalue weighted by atomic mass is 10.0. The molecule has 178 valence electrons. The molecule has 0 fully saturated rings. The van der Waals surface area contributed by atoms with E-state index in [1.807, 2.05) is 42.5 Å². The van der Waals surface area contributed by atoms with Crippen molar-refractivity contribution in [3.63, 3.8) is 0 Å². The standard InChI is InChI=1S/C31H22Cl3PS/c32-24-7-11-26(12-8-24)35(27-13-9-25(33)10-14-27)28-15-17-29(18-16-28)36-31-19-6-23(21-30(31)34)20-22-4-2-1-3-5-22/h1-20H,21H2. The van der Waals surface area contributed by atoms with Crippen molar-refractivity contribution in [1.29, 1.82) is 0 Å². The normalized spacial score (nSPS) is 14.6. The molecule has 0 N–H and O–H groups in total. The highest BCUT2D eigenvalue weighted by Gasteiger charge is 2.17. The van der Waals surface area contributed by atoms with E-state index in [1.54, 1.807) is 11.8 Å². The highest BCUT2D eigenvalue weighted by molar-refractivity contribution is 8.03. The van der Waals surface area contributed by atoms with Crippen LogP contribution in [0.4, 0.5) is 0 Å². The van der Waals surface area contributed by atoms with Crippen LogP contribution in [-0.2, 0) is 0 Å². The summed E-state index contributed by atoms with van der Waals surface area (Å²) < 4.78 is 0. The Balaban J connectivity index is 1.36. The molecule has 0 radical (unpaired) electrons. The quantitative estimate of drug-likeness (QED) is 0.211. The van der Waals surface area contributed by atoms with Crippen LogP contribution in [0.3, 0.4) is 0 Å². The fourth-order valence-corrected chi connectivity index (χ4v) is 7.63. The SMILES string of the molecule is ClC1=C(Sc2ccc(P(c3ccc(Cl)cc3)c3ccc(Cl)cc3)cc2)C=CC(=Cc2ccccc2)C1. The van der Waals surface area contributed by atoms with Crippen molar-refractivity contribution in [2.24, 2.45) is 0 Å². The van der Waals surface area contributed by atoms with E-state index in [-0.39, 0.29) is 0 Å². The van der Waals surface area contributed by atoms with Crippen molar-refractivity contribution in [1.82, 2.24) is 0 Å². The molecule has 1 aliphatic carbocycles. The third-order valence-electron chi connectivity index (χ3n) is 5.72. The lowest BCUT2D eigenvalue weighted by Crippen LogP contribution is -2.20. The Morgan fingerprint density at radius 2 is 1.14 bits per heavy atom. The first kappa shape index (κ1) is 25.4. The zero-order valence-corrected chi connectivity index (χ0v) is 23.2. The molecule has 5 heteroatoms. The number of rotatable bonds is 6. The monoisotopic (exact) mass is 562 g/mol. The van der Waals surface area contributed by atoms with Crippen LogP contribution in [0.1, 0.15) is 12.0 Å². The second-order valence-corrected chi connectivity index (χ2v) is 13.0. The van der Waals surface area contributed by atoms with Crippen molar-refractivity contribution < 1.29 is 0 Å². The molecular formula is C31H22Cl3PS. The summed E-state index contributed by atoms with van der Waals surface area (Å²) >= 11 is 20.7. The van der Waals surface area contributed by atoms with Gasteiger partial charge in [0.1, 0.15) is 0 Å². The molecule has 0 amide bonds. The first-order valence-electron chi connectivity index (χ1n) is 11.5. The fraction of sp³-hybridized carbons (Fsp3) is 0.0323. The van der Waals surface area contributed by atoms with Crippen LogP contribution >= 0.6 is 54.5 Å². The van der Waals surface area contributed by atoms with Crippen molar-refractivity contribution in [2.45, 2.75) is 11.3 Å². The fourth-order valence-electron chi connectivity index (χ4n) is 3.97. The molecule has 0 atom stereocenters. The van der Waals surface area contributed by atoms with E-state index in [0.29, 0.717) is 0 Å². The smallest absolute Gasteiger partial charge is 0.0406 e. The molecule has 0 saturated carbocycles. The summed E-state index contributed by atoms with van der Waals surface area (Å²) in [4.78, 5) is 2.25. The van der Waals surface area contributed by atoms with Gasteiger partial charge in [0.2, 0.25) is 0 Å². The molecule has 0 heterocycles. The topological polar surface area (TPSA) is 0 Å². The van der Waals surface area contributed by atoms with Crippen molar-refractivity contribution in [3.05, 3.63) is 146 Å². The molecule has 5 rings (SSSR count). The van der Waals surface area contributed by atoms with Gasteiger partial charge in [-0.05, 0) is 77.4 Å². The summed E-state index contributed by atoms with van der Waals surface area (Å²) in [5.74, 6) is 0. The van der Waals surface area contributed by atoms with Crippen molar-refractivity contribution >= 4 is 76.5 Å². The zero-order valence-electron chi connectivity index (χ0n) is 19.2. The van der Waals surface area contributed by atoms with E-state index < -0.39 is 7.92 Å². The number of allylic oxidation sites excluding steroid dienone is 4. The van der Waals surface area contributed by atoms with Crippen LogP contribution in [0.15, 0.2) is 136 Å². The van der Waals surface area contributed by atoms with Gasteiger partial charge in [-0.15, -0.1) is 0 Å². The molecule has 0 aromatic heterocycles. The largest absolute Gasteiger partial charge is 0.0889 e. The molecule has 1 aliphatic rings. The Bertz CT molecular complexity index is 1380. The van der Waals surface area contributed by atoms with Crippen LogP contribution in [-0.4, -0.2) is 0 Å². The van der Waals surface area contributed by atoms with Gasteiger partial charge in [0.25, 0.3) is 0 Å². The predicted octanol–water partition coefficient (Wildman–Crippen LogP) is 9.34. The first-order valence-corrected chi connectivity index (χ1v) is 14.8. The second kappa shape index (κ2) is 11.9. The summed E-state index contributed by atoms with van der Waals surface area (Å²) in [6.07, 6.45) is 7.21. The van der Waals surface area contributed by atoms with Crippen LogP contribution in [0.2, 0.25) is 10.0 Å². The number of hydrogen-bond acceptors (Lipinski definition) is 1. The minimum atomic E-state index is -0.728. The summed E-state index contributed by atoms with van der Waals surface area (Å²) in [7, 11) is -0.728. The van der Waals surface area contributed by atoms with Crippen LogP contribution < -0.4 is 15.9 Å². The third kappa shape index (κ3) is 6.35. The van der Waals surface area contributed by atoms with Gasteiger partial charge in [0, 0.05) is 31.3 Å². The number of benzene rings is 4. The Hall–Kier alpha value is -2.25. The Morgan fingerprint density at radius 1 is 0.611 bits per heavy atom. The van der Waals surface area contributed by atoms with Gasteiger partial charge in [-0.1, -0.05) is 125 Å². The Kier molecular flexibility index (Phi) is 8.37. The maximum atomic E-state index is 6.71. The van der Waals surface area contributed by atoms with Gasteiger partial charge in [-0.3, -0.25) is 0 Å². The Labute approximate surface area is 233 Å². The summed E-state index contributed by atoms with van der Waals surface area (Å²) in [5, 5.41) is 6.12. The lowest BCUT2D eigenvalue weighted by molar-refractivity contribution is 1.24. The van der Waals surface area contributed by atoms with E-state index in [4.69, 9.17) is 34.8 Å². The molecule has 0 bridgehead atoms. The van der Waals surface area contributed by atoms with E-state index in [9.17, 15) is 0 Å². The molecular weight excluding hydrogens is 542 g/mol. The maximum Gasteiger partial charge on any atom is 0.0406 e. The van der Waals surface area contributed by atoms with Gasteiger partial charge in [0.05, 0.1) is 0 Å². The van der Waals surface area contributed by atoms with Crippen LogP contribution in [0.25, 0.3) is 6.08 Å². The number of halogens is 3.